The van der Waals surface area contributed by atoms with E-state index in [0.29, 0.717) is 10.9 Å². The van der Waals surface area contributed by atoms with Crippen LogP contribution in [0.4, 0.5) is 0 Å². The molecule has 36 valence electrons. The van der Waals surface area contributed by atoms with Gasteiger partial charge in [-0.3, -0.25) is 0 Å². The van der Waals surface area contributed by atoms with Crippen LogP contribution in [0.5, 0.6) is 0 Å². The number of alkyl halides is 1. The van der Waals surface area contributed by atoms with Gasteiger partial charge in [0.05, 0.1) is 0 Å². The van der Waals surface area contributed by atoms with Crippen LogP contribution in [0.25, 0.3) is 0 Å². The highest BCUT2D eigenvalue weighted by atomic mass is 79.9. The third-order valence-corrected chi connectivity index (χ3v) is 2.38. The molecule has 2 heteroatoms. The first-order valence-corrected chi connectivity index (χ1v) is 3.12. The first kappa shape index (κ1) is 4.60. The van der Waals surface area contributed by atoms with Crippen LogP contribution in [0.15, 0.2) is 0 Å². The minimum Gasteiger partial charge on any atom is -0.327 e. The zero-order valence-electron chi connectivity index (χ0n) is 3.52. The van der Waals surface area contributed by atoms with Gasteiger partial charge in [-0.1, -0.05) is 15.9 Å². The van der Waals surface area contributed by atoms with E-state index in [4.69, 9.17) is 5.73 Å². The Morgan fingerprint density at radius 2 is 2.00 bits per heavy atom. The number of halogens is 1. The highest BCUT2D eigenvalue weighted by molar-refractivity contribution is 9.09. The lowest BCUT2D eigenvalue weighted by molar-refractivity contribution is 0.441. The predicted octanol–water partition coefficient (Wildman–Crippen LogP) is 0.871. The summed E-state index contributed by atoms with van der Waals surface area (Å²) in [5.74, 6) is 0. The van der Waals surface area contributed by atoms with E-state index in [9.17, 15) is 0 Å². The Hall–Kier alpha value is 0.440. The normalized spacial score (nSPS) is 45.0. The van der Waals surface area contributed by atoms with Gasteiger partial charge in [-0.25, -0.2) is 0 Å². The fraction of sp³-hybridized carbons (Fsp3) is 1.00. The smallest absolute Gasteiger partial charge is 0.0297 e. The van der Waals surface area contributed by atoms with Gasteiger partial charge in [-0.2, -0.15) is 0 Å². The molecule has 1 unspecified atom stereocenters. The first-order valence-electron chi connectivity index (χ1n) is 2.20. The Bertz CT molecular complexity index is 47.5. The molecule has 0 aromatic heterocycles. The maximum atomic E-state index is 5.48. The summed E-state index contributed by atoms with van der Waals surface area (Å²) in [6.07, 6.45) is 2.47. The predicted molar refractivity (Wildman–Crippen MR) is 29.9 cm³/mol. The third kappa shape index (κ3) is 0.590. The van der Waals surface area contributed by atoms with Crippen molar-refractivity contribution in [1.29, 1.82) is 0 Å². The van der Waals surface area contributed by atoms with Gasteiger partial charge in [0.1, 0.15) is 0 Å². The molecule has 2 N–H and O–H groups in total. The fourth-order valence-electron chi connectivity index (χ4n) is 0.485. The molecule has 0 aliphatic heterocycles. The minimum atomic E-state index is 0.449. The molecule has 0 amide bonds. The van der Waals surface area contributed by atoms with E-state index in [1.54, 1.807) is 0 Å². The van der Waals surface area contributed by atoms with E-state index >= 15 is 0 Å². The molecule has 0 aromatic rings. The van der Waals surface area contributed by atoms with Crippen molar-refractivity contribution in [1.82, 2.24) is 0 Å². The SMILES string of the molecule is NC1CC[C@@H]1Br. The molecule has 1 aliphatic carbocycles. The van der Waals surface area contributed by atoms with E-state index in [1.165, 1.54) is 12.8 Å². The van der Waals surface area contributed by atoms with Gasteiger partial charge >= 0.3 is 0 Å². The molecule has 1 fully saturated rings. The van der Waals surface area contributed by atoms with E-state index < -0.39 is 0 Å². The summed E-state index contributed by atoms with van der Waals surface area (Å²) in [7, 11) is 0. The van der Waals surface area contributed by atoms with Crippen molar-refractivity contribution >= 4 is 15.9 Å². The van der Waals surface area contributed by atoms with Crippen molar-refractivity contribution in [3.63, 3.8) is 0 Å². The van der Waals surface area contributed by atoms with Crippen LogP contribution in [0.1, 0.15) is 12.8 Å². The molecule has 0 heterocycles. The lowest BCUT2D eigenvalue weighted by atomic mass is 9.94. The molecule has 1 nitrogen and oxygen atoms in total. The largest absolute Gasteiger partial charge is 0.327 e. The molecule has 1 aliphatic rings. The molecule has 1 saturated carbocycles. The average molecular weight is 150 g/mol. The molecular formula is C4H8BrN. The molecule has 0 spiro atoms. The van der Waals surface area contributed by atoms with Crippen molar-refractivity contribution in [2.45, 2.75) is 23.7 Å². The van der Waals surface area contributed by atoms with E-state index in [-0.39, 0.29) is 0 Å². The Kier molecular flexibility index (Phi) is 1.15. The Morgan fingerprint density at radius 1 is 1.50 bits per heavy atom. The van der Waals surface area contributed by atoms with Crippen LogP contribution in [-0.2, 0) is 0 Å². The Labute approximate surface area is 46.0 Å². The topological polar surface area (TPSA) is 26.0 Å². The third-order valence-electron chi connectivity index (χ3n) is 1.24. The first-order chi connectivity index (χ1) is 2.80. The second-order valence-electron chi connectivity index (χ2n) is 1.76. The molecule has 0 bridgehead atoms. The van der Waals surface area contributed by atoms with Gasteiger partial charge < -0.3 is 5.73 Å². The maximum Gasteiger partial charge on any atom is 0.0297 e. The summed E-state index contributed by atoms with van der Waals surface area (Å²) < 4.78 is 0. The zero-order valence-corrected chi connectivity index (χ0v) is 5.11. The van der Waals surface area contributed by atoms with Crippen LogP contribution >= 0.6 is 15.9 Å². The van der Waals surface area contributed by atoms with E-state index in [1.807, 2.05) is 0 Å². The van der Waals surface area contributed by atoms with Crippen LogP contribution < -0.4 is 5.73 Å². The summed E-state index contributed by atoms with van der Waals surface area (Å²) in [5.41, 5.74) is 5.48. The lowest BCUT2D eigenvalue weighted by Crippen LogP contribution is -2.39. The van der Waals surface area contributed by atoms with Gasteiger partial charge in [0.15, 0.2) is 0 Å². The molecule has 0 radical (unpaired) electrons. The van der Waals surface area contributed by atoms with Crippen molar-refractivity contribution < 1.29 is 0 Å². The molecule has 0 saturated heterocycles. The highest BCUT2D eigenvalue weighted by Gasteiger charge is 2.23. The lowest BCUT2D eigenvalue weighted by Gasteiger charge is -2.27. The summed E-state index contributed by atoms with van der Waals surface area (Å²) >= 11 is 3.40. The molecule has 0 aromatic carbocycles. The number of hydrogen-bond acceptors (Lipinski definition) is 1. The number of rotatable bonds is 0. The van der Waals surface area contributed by atoms with Crippen molar-refractivity contribution in [3.05, 3.63) is 0 Å². The standard InChI is InChI=1S/C4H8BrN/c5-3-1-2-4(3)6/h3-4H,1-2,6H2/t3-,4?/m0/s1. The zero-order chi connectivity index (χ0) is 4.57. The molecule has 1 rings (SSSR count). The minimum absolute atomic E-state index is 0.449. The van der Waals surface area contributed by atoms with Crippen LogP contribution in [0, 0.1) is 0 Å². The van der Waals surface area contributed by atoms with Crippen molar-refractivity contribution in [2.75, 3.05) is 0 Å². The summed E-state index contributed by atoms with van der Waals surface area (Å²) in [6, 6.07) is 0.449. The van der Waals surface area contributed by atoms with Gasteiger partial charge in [0.2, 0.25) is 0 Å². The molecular weight excluding hydrogens is 142 g/mol. The summed E-state index contributed by atoms with van der Waals surface area (Å²) in [4.78, 5) is 0.623. The quantitative estimate of drug-likeness (QED) is 0.509. The van der Waals surface area contributed by atoms with Crippen LogP contribution in [-0.4, -0.2) is 10.9 Å². The number of nitrogens with two attached hydrogens (primary N) is 1. The monoisotopic (exact) mass is 149 g/mol. The second kappa shape index (κ2) is 1.51. The Morgan fingerprint density at radius 3 is 2.00 bits per heavy atom. The average Bonchev–Trinajstić information content (AvgIpc) is 1.61. The molecule has 6 heavy (non-hydrogen) atoms. The van der Waals surface area contributed by atoms with Gasteiger partial charge in [0.25, 0.3) is 0 Å². The maximum absolute atomic E-state index is 5.48. The summed E-state index contributed by atoms with van der Waals surface area (Å²) in [5, 5.41) is 0. The van der Waals surface area contributed by atoms with E-state index in [2.05, 4.69) is 15.9 Å². The number of hydrogen-bond donors (Lipinski definition) is 1. The highest BCUT2D eigenvalue weighted by Crippen LogP contribution is 2.24. The van der Waals surface area contributed by atoms with Gasteiger partial charge in [-0.15, -0.1) is 0 Å². The van der Waals surface area contributed by atoms with E-state index in [0.717, 1.165) is 0 Å². The Balaban J connectivity index is 2.20. The fourth-order valence-corrected chi connectivity index (χ4v) is 1.01. The van der Waals surface area contributed by atoms with Crippen LogP contribution in [0.2, 0.25) is 0 Å². The van der Waals surface area contributed by atoms with Gasteiger partial charge in [0, 0.05) is 10.9 Å². The second-order valence-corrected chi connectivity index (χ2v) is 2.93. The van der Waals surface area contributed by atoms with Gasteiger partial charge in [-0.05, 0) is 12.8 Å². The van der Waals surface area contributed by atoms with Crippen molar-refractivity contribution in [2.24, 2.45) is 5.73 Å². The van der Waals surface area contributed by atoms with Crippen LogP contribution in [0.3, 0.4) is 0 Å². The molecule has 2 atom stereocenters. The van der Waals surface area contributed by atoms with Crippen molar-refractivity contribution in [3.8, 4) is 0 Å². The summed E-state index contributed by atoms with van der Waals surface area (Å²) in [6.45, 7) is 0.